The Kier molecular flexibility index (Phi) is 6.03. The van der Waals surface area contributed by atoms with Crippen LogP contribution in [0.2, 0.25) is 0 Å². The van der Waals surface area contributed by atoms with Crippen LogP contribution in [-0.2, 0) is 6.61 Å². The first-order valence-electron chi connectivity index (χ1n) is 10.1. The number of rotatable bonds is 7. The van der Waals surface area contributed by atoms with Gasteiger partial charge in [0.15, 0.2) is 11.5 Å². The van der Waals surface area contributed by atoms with Crippen LogP contribution in [0.4, 0.5) is 0 Å². The van der Waals surface area contributed by atoms with Crippen molar-refractivity contribution in [3.8, 4) is 34.1 Å². The third-order valence-corrected chi connectivity index (χ3v) is 5.38. The first kappa shape index (κ1) is 21.3. The van der Waals surface area contributed by atoms with E-state index in [1.165, 1.54) is 0 Å². The van der Waals surface area contributed by atoms with Gasteiger partial charge in [0, 0.05) is 11.5 Å². The quantitative estimate of drug-likeness (QED) is 0.366. The number of methoxy groups -OCH3 is 3. The molecule has 0 saturated heterocycles. The van der Waals surface area contributed by atoms with Crippen molar-refractivity contribution in [3.63, 3.8) is 0 Å². The molecule has 3 aromatic carbocycles. The molecule has 0 fully saturated rings. The monoisotopic (exact) mass is 432 g/mol. The third-order valence-electron chi connectivity index (χ3n) is 5.38. The van der Waals surface area contributed by atoms with Gasteiger partial charge in [-0.05, 0) is 60.0 Å². The Morgan fingerprint density at radius 2 is 1.50 bits per heavy atom. The van der Waals surface area contributed by atoms with Crippen LogP contribution in [0.3, 0.4) is 0 Å². The molecule has 32 heavy (non-hydrogen) atoms. The lowest BCUT2D eigenvalue weighted by Crippen LogP contribution is -2.06. The van der Waals surface area contributed by atoms with E-state index in [1.54, 1.807) is 39.5 Å². The molecule has 164 valence electrons. The summed E-state index contributed by atoms with van der Waals surface area (Å²) in [4.78, 5) is 12.9. The van der Waals surface area contributed by atoms with Gasteiger partial charge in [0.05, 0.1) is 26.9 Å². The molecule has 4 rings (SSSR count). The largest absolute Gasteiger partial charge is 0.497 e. The first-order chi connectivity index (χ1) is 15.5. The second kappa shape index (κ2) is 9.06. The molecule has 0 aliphatic carbocycles. The van der Waals surface area contributed by atoms with Crippen LogP contribution in [0.15, 0.2) is 69.9 Å². The molecule has 1 heterocycles. The molecular weight excluding hydrogens is 408 g/mol. The Morgan fingerprint density at radius 3 is 2.19 bits per heavy atom. The van der Waals surface area contributed by atoms with Crippen LogP contribution in [0, 0.1) is 6.92 Å². The van der Waals surface area contributed by atoms with Crippen molar-refractivity contribution in [2.24, 2.45) is 0 Å². The molecule has 6 heteroatoms. The predicted octanol–water partition coefficient (Wildman–Crippen LogP) is 5.37. The Labute approximate surface area is 185 Å². The second-order valence-corrected chi connectivity index (χ2v) is 7.25. The summed E-state index contributed by atoms with van der Waals surface area (Å²) in [6.07, 6.45) is 0. The minimum atomic E-state index is -0.422. The average Bonchev–Trinajstić information content (AvgIpc) is 2.82. The van der Waals surface area contributed by atoms with Gasteiger partial charge < -0.3 is 23.4 Å². The Hall–Kier alpha value is -3.93. The molecule has 4 aromatic rings. The maximum Gasteiger partial charge on any atom is 0.344 e. The van der Waals surface area contributed by atoms with E-state index in [9.17, 15) is 4.79 Å². The van der Waals surface area contributed by atoms with Gasteiger partial charge in [-0.2, -0.15) is 0 Å². The van der Waals surface area contributed by atoms with Gasteiger partial charge in [0.1, 0.15) is 23.7 Å². The molecular formula is C26H24O6. The lowest BCUT2D eigenvalue weighted by atomic mass is 9.99. The number of fused-ring (bicyclic) bond motifs is 1. The van der Waals surface area contributed by atoms with Gasteiger partial charge in [0.25, 0.3) is 0 Å². The summed E-state index contributed by atoms with van der Waals surface area (Å²) in [6.45, 7) is 2.30. The number of hydrogen-bond donors (Lipinski definition) is 0. The molecule has 6 nitrogen and oxygen atoms in total. The van der Waals surface area contributed by atoms with E-state index in [2.05, 4.69) is 0 Å². The number of hydrogen-bond acceptors (Lipinski definition) is 6. The molecule has 0 unspecified atom stereocenters. The van der Waals surface area contributed by atoms with E-state index in [1.807, 2.05) is 49.4 Å². The van der Waals surface area contributed by atoms with E-state index in [-0.39, 0.29) is 0 Å². The minimum absolute atomic E-state index is 0.391. The van der Waals surface area contributed by atoms with E-state index in [0.29, 0.717) is 40.6 Å². The topological polar surface area (TPSA) is 67.1 Å². The summed E-state index contributed by atoms with van der Waals surface area (Å²) in [6, 6.07) is 18.5. The fourth-order valence-electron chi connectivity index (χ4n) is 3.64. The van der Waals surface area contributed by atoms with Crippen LogP contribution < -0.4 is 24.6 Å². The summed E-state index contributed by atoms with van der Waals surface area (Å²) < 4.78 is 27.4. The highest BCUT2D eigenvalue weighted by Crippen LogP contribution is 2.34. The normalized spacial score (nSPS) is 10.8. The van der Waals surface area contributed by atoms with E-state index in [0.717, 1.165) is 22.3 Å². The highest BCUT2D eigenvalue weighted by molar-refractivity contribution is 5.87. The molecule has 0 atom stereocenters. The van der Waals surface area contributed by atoms with E-state index < -0.39 is 5.63 Å². The maximum atomic E-state index is 12.9. The Balaban J connectivity index is 1.65. The molecule has 0 N–H and O–H groups in total. The lowest BCUT2D eigenvalue weighted by molar-refractivity contribution is 0.306. The molecule has 0 radical (unpaired) electrons. The summed E-state index contributed by atoms with van der Waals surface area (Å²) in [5.74, 6) is 2.56. The number of aryl methyl sites for hydroxylation is 1. The van der Waals surface area contributed by atoms with E-state index >= 15 is 0 Å². The standard InChI is InChI=1S/C26H24O6/c1-16-21-11-10-20(31-15-17-5-8-19(28-2)9-6-17)14-23(21)32-26(27)25(16)18-7-12-22(29-3)24(13-18)30-4/h5-14H,15H2,1-4H3. The highest BCUT2D eigenvalue weighted by Gasteiger charge is 2.16. The van der Waals surface area contributed by atoms with Gasteiger partial charge in [-0.1, -0.05) is 18.2 Å². The maximum absolute atomic E-state index is 12.9. The third kappa shape index (κ3) is 4.12. The number of ether oxygens (including phenoxy) is 4. The Morgan fingerprint density at radius 1 is 0.781 bits per heavy atom. The van der Waals surface area contributed by atoms with E-state index in [4.69, 9.17) is 23.4 Å². The van der Waals surface area contributed by atoms with Crippen LogP contribution in [0.25, 0.3) is 22.1 Å². The average molecular weight is 432 g/mol. The van der Waals surface area contributed by atoms with Gasteiger partial charge in [0.2, 0.25) is 0 Å². The van der Waals surface area contributed by atoms with Crippen molar-refractivity contribution < 1.29 is 23.4 Å². The van der Waals surface area contributed by atoms with Crippen LogP contribution in [0.5, 0.6) is 23.0 Å². The first-order valence-corrected chi connectivity index (χ1v) is 10.1. The van der Waals surface area contributed by atoms with Crippen molar-refractivity contribution >= 4 is 11.0 Å². The summed E-state index contributed by atoms with van der Waals surface area (Å²) in [5.41, 5.74) is 3.08. The minimum Gasteiger partial charge on any atom is -0.497 e. The fourth-order valence-corrected chi connectivity index (χ4v) is 3.64. The zero-order valence-corrected chi connectivity index (χ0v) is 18.4. The fraction of sp³-hybridized carbons (Fsp3) is 0.192. The van der Waals surface area contributed by atoms with Crippen LogP contribution >= 0.6 is 0 Å². The predicted molar refractivity (Wildman–Crippen MR) is 123 cm³/mol. The zero-order chi connectivity index (χ0) is 22.7. The van der Waals surface area contributed by atoms with Crippen molar-refractivity contribution in [2.45, 2.75) is 13.5 Å². The molecule has 0 bridgehead atoms. The van der Waals surface area contributed by atoms with Crippen LogP contribution in [0.1, 0.15) is 11.1 Å². The van der Waals surface area contributed by atoms with Crippen molar-refractivity contribution in [1.82, 2.24) is 0 Å². The van der Waals surface area contributed by atoms with Crippen molar-refractivity contribution in [1.29, 1.82) is 0 Å². The summed E-state index contributed by atoms with van der Waals surface area (Å²) >= 11 is 0. The van der Waals surface area contributed by atoms with Crippen molar-refractivity contribution in [3.05, 3.63) is 82.2 Å². The summed E-state index contributed by atoms with van der Waals surface area (Å²) in [5, 5.41) is 0.839. The smallest absolute Gasteiger partial charge is 0.344 e. The SMILES string of the molecule is COc1ccc(COc2ccc3c(C)c(-c4ccc(OC)c(OC)c4)c(=O)oc3c2)cc1. The van der Waals surface area contributed by atoms with Crippen LogP contribution in [-0.4, -0.2) is 21.3 Å². The molecule has 0 spiro atoms. The molecule has 1 aromatic heterocycles. The van der Waals surface area contributed by atoms with Crippen molar-refractivity contribution in [2.75, 3.05) is 21.3 Å². The Bertz CT molecular complexity index is 1300. The van der Waals surface area contributed by atoms with Gasteiger partial charge in [-0.15, -0.1) is 0 Å². The number of benzene rings is 3. The molecule has 0 amide bonds. The molecule has 0 aliphatic rings. The van der Waals surface area contributed by atoms with Gasteiger partial charge in [-0.3, -0.25) is 0 Å². The molecule has 0 aliphatic heterocycles. The van der Waals surface area contributed by atoms with Gasteiger partial charge >= 0.3 is 5.63 Å². The summed E-state index contributed by atoms with van der Waals surface area (Å²) in [7, 11) is 4.76. The second-order valence-electron chi connectivity index (χ2n) is 7.25. The zero-order valence-electron chi connectivity index (χ0n) is 18.4. The lowest BCUT2D eigenvalue weighted by Gasteiger charge is -2.12. The molecule has 0 saturated carbocycles. The highest BCUT2D eigenvalue weighted by atomic mass is 16.5. The van der Waals surface area contributed by atoms with Gasteiger partial charge in [-0.25, -0.2) is 4.79 Å².